The highest BCUT2D eigenvalue weighted by Crippen LogP contribution is 2.19. The monoisotopic (exact) mass is 291 g/mol. The largest absolute Gasteiger partial charge is 0.461 e. The Morgan fingerprint density at radius 2 is 1.86 bits per heavy atom. The van der Waals surface area contributed by atoms with Crippen molar-refractivity contribution in [2.75, 3.05) is 26.2 Å². The van der Waals surface area contributed by atoms with Gasteiger partial charge in [0.15, 0.2) is 0 Å². The third kappa shape index (κ3) is 4.86. The van der Waals surface area contributed by atoms with Gasteiger partial charge in [-0.05, 0) is 38.1 Å². The Bertz CT molecular complexity index is 495. The summed E-state index contributed by atoms with van der Waals surface area (Å²) in [7, 11) is 0. The van der Waals surface area contributed by atoms with Gasteiger partial charge in [0.2, 0.25) is 0 Å². The van der Waals surface area contributed by atoms with E-state index in [2.05, 4.69) is 4.90 Å². The van der Waals surface area contributed by atoms with Crippen molar-refractivity contribution in [2.45, 2.75) is 26.2 Å². The van der Waals surface area contributed by atoms with Gasteiger partial charge in [-0.2, -0.15) is 0 Å². The molecule has 0 radical (unpaired) electrons. The summed E-state index contributed by atoms with van der Waals surface area (Å²) in [4.78, 5) is 25.4. The molecule has 0 spiro atoms. The van der Waals surface area contributed by atoms with Gasteiger partial charge in [-0.3, -0.25) is 9.69 Å². The minimum absolute atomic E-state index is 0.243. The molecule has 0 saturated carbocycles. The highest BCUT2D eigenvalue weighted by molar-refractivity contribution is 5.93. The molecular formula is C16H21NO4. The molecule has 5 heteroatoms. The van der Waals surface area contributed by atoms with Gasteiger partial charge in [0.1, 0.15) is 17.9 Å². The van der Waals surface area contributed by atoms with Crippen molar-refractivity contribution in [1.82, 2.24) is 4.90 Å². The summed E-state index contributed by atoms with van der Waals surface area (Å²) in [6, 6.07) is 6.61. The second-order valence-electron chi connectivity index (χ2n) is 5.13. The highest BCUT2D eigenvalue weighted by Gasteiger charge is 2.16. The van der Waals surface area contributed by atoms with Crippen molar-refractivity contribution in [3.8, 4) is 5.75 Å². The fraction of sp³-hybridized carbons (Fsp3) is 0.500. The van der Waals surface area contributed by atoms with Crippen LogP contribution < -0.4 is 4.74 Å². The number of nitrogens with zero attached hydrogens (tertiary/aromatic N) is 1. The number of likely N-dealkylation sites (tertiary alicyclic amines) is 1. The average molecular weight is 291 g/mol. The van der Waals surface area contributed by atoms with Crippen molar-refractivity contribution >= 4 is 11.9 Å². The number of rotatable bonds is 5. The number of hydrogen-bond donors (Lipinski definition) is 0. The molecule has 5 nitrogen and oxygen atoms in total. The molecule has 0 aromatic heterocycles. The molecule has 0 amide bonds. The van der Waals surface area contributed by atoms with Crippen molar-refractivity contribution in [3.63, 3.8) is 0 Å². The fourth-order valence-corrected chi connectivity index (χ4v) is 2.41. The van der Waals surface area contributed by atoms with Crippen molar-refractivity contribution in [2.24, 2.45) is 0 Å². The zero-order chi connectivity index (χ0) is 15.1. The quantitative estimate of drug-likeness (QED) is 0.615. The zero-order valence-corrected chi connectivity index (χ0v) is 12.3. The van der Waals surface area contributed by atoms with Gasteiger partial charge < -0.3 is 9.47 Å². The van der Waals surface area contributed by atoms with Crippen molar-refractivity contribution in [1.29, 1.82) is 0 Å². The van der Waals surface area contributed by atoms with Gasteiger partial charge in [0.05, 0.1) is 0 Å². The molecule has 114 valence electrons. The third-order valence-electron chi connectivity index (χ3n) is 3.45. The first-order chi connectivity index (χ1) is 10.2. The number of hydrogen-bond acceptors (Lipinski definition) is 5. The Kier molecular flexibility index (Phi) is 5.75. The molecule has 0 aliphatic carbocycles. The maximum atomic E-state index is 12.1. The zero-order valence-electron chi connectivity index (χ0n) is 12.3. The minimum Gasteiger partial charge on any atom is -0.461 e. The van der Waals surface area contributed by atoms with E-state index in [1.165, 1.54) is 26.2 Å². The van der Waals surface area contributed by atoms with Crippen LogP contribution in [-0.2, 0) is 9.53 Å². The number of ether oxygens (including phenoxy) is 2. The lowest BCUT2D eigenvalue weighted by molar-refractivity contribution is -0.131. The average Bonchev–Trinajstić information content (AvgIpc) is 2.48. The SMILES string of the molecule is CC(=O)Oc1ccccc1C(=O)OCCN1CCCCC1. The van der Waals surface area contributed by atoms with Crippen LogP contribution in [0.4, 0.5) is 0 Å². The van der Waals surface area contributed by atoms with Gasteiger partial charge in [-0.15, -0.1) is 0 Å². The maximum absolute atomic E-state index is 12.1. The lowest BCUT2D eigenvalue weighted by atomic mass is 10.1. The molecule has 0 bridgehead atoms. The Morgan fingerprint density at radius 1 is 1.14 bits per heavy atom. The van der Waals surface area contributed by atoms with Crippen LogP contribution >= 0.6 is 0 Å². The Hall–Kier alpha value is -1.88. The van der Waals surface area contributed by atoms with Gasteiger partial charge in [-0.1, -0.05) is 18.6 Å². The normalized spacial score (nSPS) is 15.5. The van der Waals surface area contributed by atoms with E-state index in [0.717, 1.165) is 19.6 Å². The third-order valence-corrected chi connectivity index (χ3v) is 3.45. The molecular weight excluding hydrogens is 270 g/mol. The summed E-state index contributed by atoms with van der Waals surface area (Å²) in [5, 5.41) is 0. The van der Waals surface area contributed by atoms with Crippen LogP contribution in [0.3, 0.4) is 0 Å². The van der Waals surface area contributed by atoms with E-state index in [9.17, 15) is 9.59 Å². The van der Waals surface area contributed by atoms with E-state index in [0.29, 0.717) is 6.61 Å². The first-order valence-corrected chi connectivity index (χ1v) is 7.34. The highest BCUT2D eigenvalue weighted by atomic mass is 16.5. The molecule has 1 aliphatic heterocycles. The lowest BCUT2D eigenvalue weighted by Crippen LogP contribution is -2.33. The summed E-state index contributed by atoms with van der Waals surface area (Å²) in [6.45, 7) is 4.55. The second-order valence-corrected chi connectivity index (χ2v) is 5.13. The van der Waals surface area contributed by atoms with E-state index >= 15 is 0 Å². The summed E-state index contributed by atoms with van der Waals surface area (Å²) in [5.74, 6) is -0.666. The topological polar surface area (TPSA) is 55.8 Å². The van der Waals surface area contributed by atoms with Crippen molar-refractivity contribution in [3.05, 3.63) is 29.8 Å². The van der Waals surface area contributed by atoms with Gasteiger partial charge in [0.25, 0.3) is 0 Å². The Balaban J connectivity index is 1.86. The molecule has 1 heterocycles. The summed E-state index contributed by atoms with van der Waals surface area (Å²) >= 11 is 0. The van der Waals surface area contributed by atoms with Gasteiger partial charge in [-0.25, -0.2) is 4.79 Å². The van der Waals surface area contributed by atoms with Gasteiger partial charge >= 0.3 is 11.9 Å². The molecule has 21 heavy (non-hydrogen) atoms. The maximum Gasteiger partial charge on any atom is 0.341 e. The number of piperidine rings is 1. The number of para-hydroxylation sites is 1. The predicted molar refractivity (Wildman–Crippen MR) is 78.3 cm³/mol. The van der Waals surface area contributed by atoms with Crippen LogP contribution in [0.1, 0.15) is 36.5 Å². The van der Waals surface area contributed by atoms with E-state index in [4.69, 9.17) is 9.47 Å². The van der Waals surface area contributed by atoms with Crippen LogP contribution in [0.2, 0.25) is 0 Å². The van der Waals surface area contributed by atoms with Crippen LogP contribution in [0, 0.1) is 0 Å². The van der Waals surface area contributed by atoms with Crippen molar-refractivity contribution < 1.29 is 19.1 Å². The van der Waals surface area contributed by atoms with Crippen LogP contribution in [-0.4, -0.2) is 43.1 Å². The Morgan fingerprint density at radius 3 is 2.57 bits per heavy atom. The number of carbonyl (C=O) groups excluding carboxylic acids is 2. The summed E-state index contributed by atoms with van der Waals surface area (Å²) in [6.07, 6.45) is 3.71. The first-order valence-electron chi connectivity index (χ1n) is 7.34. The fourth-order valence-electron chi connectivity index (χ4n) is 2.41. The van der Waals surface area contributed by atoms with Gasteiger partial charge in [0, 0.05) is 13.5 Å². The minimum atomic E-state index is -0.455. The van der Waals surface area contributed by atoms with E-state index in [-0.39, 0.29) is 11.3 Å². The molecule has 0 atom stereocenters. The van der Waals surface area contributed by atoms with Crippen LogP contribution in [0.25, 0.3) is 0 Å². The predicted octanol–water partition coefficient (Wildman–Crippen LogP) is 2.25. The molecule has 1 aromatic carbocycles. The molecule has 1 fully saturated rings. The van der Waals surface area contributed by atoms with E-state index in [1.54, 1.807) is 24.3 Å². The lowest BCUT2D eigenvalue weighted by Gasteiger charge is -2.25. The van der Waals surface area contributed by atoms with Crippen LogP contribution in [0.5, 0.6) is 5.75 Å². The summed E-state index contributed by atoms with van der Waals surface area (Å²) < 4.78 is 10.3. The van der Waals surface area contributed by atoms with E-state index in [1.807, 2.05) is 0 Å². The molecule has 0 N–H and O–H groups in total. The van der Waals surface area contributed by atoms with E-state index < -0.39 is 11.9 Å². The number of esters is 2. The standard InChI is InChI=1S/C16H21NO4/c1-13(18)21-15-8-4-3-7-14(15)16(19)20-12-11-17-9-5-2-6-10-17/h3-4,7-8H,2,5-6,9-12H2,1H3. The van der Waals surface area contributed by atoms with Crippen LogP contribution in [0.15, 0.2) is 24.3 Å². The first kappa shape index (κ1) is 15.5. The summed E-state index contributed by atoms with van der Waals surface area (Å²) in [5.41, 5.74) is 0.284. The molecule has 1 aromatic rings. The number of benzene rings is 1. The number of carbonyl (C=O) groups is 2. The smallest absolute Gasteiger partial charge is 0.341 e. The Labute approximate surface area is 124 Å². The molecule has 2 rings (SSSR count). The molecule has 0 unspecified atom stereocenters. The molecule has 1 saturated heterocycles. The second kappa shape index (κ2) is 7.78. The molecule has 1 aliphatic rings.